The summed E-state index contributed by atoms with van der Waals surface area (Å²) in [7, 11) is 0. The summed E-state index contributed by atoms with van der Waals surface area (Å²) >= 11 is 0. The number of rotatable bonds is 3. The molecule has 1 amide bonds. The number of nitrogens with one attached hydrogen (secondary N) is 1. The smallest absolute Gasteiger partial charge is 0.265 e. The first-order valence-electron chi connectivity index (χ1n) is 3.86. The van der Waals surface area contributed by atoms with Gasteiger partial charge < -0.3 is 11.5 Å². The van der Waals surface area contributed by atoms with E-state index in [0.29, 0.717) is 0 Å². The van der Waals surface area contributed by atoms with Crippen LogP contribution >= 0.6 is 0 Å². The molecule has 0 aliphatic carbocycles. The summed E-state index contributed by atoms with van der Waals surface area (Å²) in [5, 5.41) is 2.22. The average molecular weight is 198 g/mol. The molecule has 1 rings (SSSR count). The molecule has 0 bridgehead atoms. The number of H-pyrrole nitrogens is 1. The molecule has 1 heterocycles. The van der Waals surface area contributed by atoms with E-state index in [0.717, 1.165) is 16.8 Å². The van der Waals surface area contributed by atoms with Crippen LogP contribution in [-0.4, -0.2) is 21.7 Å². The third-order valence-corrected chi connectivity index (χ3v) is 1.63. The Labute approximate surface area is 78.3 Å². The second kappa shape index (κ2) is 3.88. The lowest BCUT2D eigenvalue weighted by atomic mass is 10.3. The highest BCUT2D eigenvalue weighted by Gasteiger charge is 2.10. The molecule has 5 N–H and O–H groups in total. The number of nitrogens with zero attached hydrogens (tertiary/aromatic N) is 1. The monoisotopic (exact) mass is 198 g/mol. The maximum Gasteiger partial charge on any atom is 0.265 e. The molecule has 1 aromatic heterocycles. The number of hydrogen-bond acceptors (Lipinski definition) is 4. The molecule has 0 aliphatic heterocycles. The van der Waals surface area contributed by atoms with E-state index in [2.05, 4.69) is 5.10 Å². The van der Waals surface area contributed by atoms with Crippen molar-refractivity contribution in [2.24, 2.45) is 11.5 Å². The highest BCUT2D eigenvalue weighted by atomic mass is 16.2. The van der Waals surface area contributed by atoms with Crippen molar-refractivity contribution in [1.82, 2.24) is 9.78 Å². The van der Waals surface area contributed by atoms with Crippen molar-refractivity contribution in [2.75, 3.05) is 0 Å². The van der Waals surface area contributed by atoms with E-state index < -0.39 is 23.1 Å². The van der Waals surface area contributed by atoms with Crippen molar-refractivity contribution < 1.29 is 4.79 Å². The molecule has 0 aromatic carbocycles. The van der Waals surface area contributed by atoms with Gasteiger partial charge in [0.15, 0.2) is 0 Å². The zero-order chi connectivity index (χ0) is 10.7. The van der Waals surface area contributed by atoms with Gasteiger partial charge in [0.05, 0.1) is 6.54 Å². The van der Waals surface area contributed by atoms with Gasteiger partial charge in [-0.3, -0.25) is 19.5 Å². The zero-order valence-corrected chi connectivity index (χ0v) is 7.27. The number of amides is 1. The van der Waals surface area contributed by atoms with Crippen LogP contribution in [0.2, 0.25) is 0 Å². The molecule has 14 heavy (non-hydrogen) atoms. The van der Waals surface area contributed by atoms with Gasteiger partial charge in [-0.15, -0.1) is 0 Å². The summed E-state index contributed by atoms with van der Waals surface area (Å²) in [6.07, 6.45) is 0. The van der Waals surface area contributed by atoms with E-state index in [1.807, 2.05) is 0 Å². The van der Waals surface area contributed by atoms with Crippen LogP contribution in [0.5, 0.6) is 0 Å². The number of primary amides is 1. The third-order valence-electron chi connectivity index (χ3n) is 1.63. The molecule has 7 nitrogen and oxygen atoms in total. The van der Waals surface area contributed by atoms with Crippen LogP contribution in [0.1, 0.15) is 0 Å². The molecule has 7 heteroatoms. The lowest BCUT2D eigenvalue weighted by molar-refractivity contribution is -0.119. The van der Waals surface area contributed by atoms with Gasteiger partial charge in [0.2, 0.25) is 5.91 Å². The fourth-order valence-electron chi connectivity index (χ4n) is 0.885. The van der Waals surface area contributed by atoms with Crippen LogP contribution in [0.25, 0.3) is 0 Å². The van der Waals surface area contributed by atoms with Crippen molar-refractivity contribution in [1.29, 1.82) is 0 Å². The molecule has 0 spiro atoms. The van der Waals surface area contributed by atoms with Gasteiger partial charge in [0, 0.05) is 12.1 Å². The van der Waals surface area contributed by atoms with Crippen molar-refractivity contribution >= 4 is 5.91 Å². The Balaban J connectivity index is 2.97. The van der Waals surface area contributed by atoms with E-state index in [4.69, 9.17) is 11.5 Å². The standard InChI is InChI=1S/C7H10N4O3/c8-4(7(9)14)3-11-6(13)2-1-5(12)10-11/h1-2,4H,3,8H2,(H2,9,14)(H,10,12). The minimum absolute atomic E-state index is 0.135. The highest BCUT2D eigenvalue weighted by Crippen LogP contribution is 1.79. The van der Waals surface area contributed by atoms with Crippen molar-refractivity contribution in [3.05, 3.63) is 32.8 Å². The summed E-state index contributed by atoms with van der Waals surface area (Å²) in [6.45, 7) is -0.135. The maximum absolute atomic E-state index is 11.1. The highest BCUT2D eigenvalue weighted by molar-refractivity contribution is 5.79. The van der Waals surface area contributed by atoms with Crippen LogP contribution < -0.4 is 22.6 Å². The molecule has 0 fully saturated rings. The van der Waals surface area contributed by atoms with Gasteiger partial charge in [0.1, 0.15) is 6.04 Å². The van der Waals surface area contributed by atoms with Crippen LogP contribution in [-0.2, 0) is 11.3 Å². The lowest BCUT2D eigenvalue weighted by Crippen LogP contribution is -2.43. The van der Waals surface area contributed by atoms with Gasteiger partial charge in [0.25, 0.3) is 11.1 Å². The Bertz CT molecular complexity index is 447. The van der Waals surface area contributed by atoms with E-state index >= 15 is 0 Å². The van der Waals surface area contributed by atoms with E-state index in [-0.39, 0.29) is 6.54 Å². The molecular formula is C7H10N4O3. The van der Waals surface area contributed by atoms with Crippen LogP contribution in [0, 0.1) is 0 Å². The Morgan fingerprint density at radius 1 is 1.50 bits per heavy atom. The summed E-state index contributed by atoms with van der Waals surface area (Å²) in [6, 6.07) is 1.19. The van der Waals surface area contributed by atoms with Crippen molar-refractivity contribution in [3.8, 4) is 0 Å². The third kappa shape index (κ3) is 2.30. The molecular weight excluding hydrogens is 188 g/mol. The molecule has 1 aromatic rings. The Kier molecular flexibility index (Phi) is 2.82. The van der Waals surface area contributed by atoms with Gasteiger partial charge >= 0.3 is 0 Å². The molecule has 1 unspecified atom stereocenters. The number of aromatic nitrogens is 2. The van der Waals surface area contributed by atoms with Crippen molar-refractivity contribution in [3.63, 3.8) is 0 Å². The topological polar surface area (TPSA) is 124 Å². The summed E-state index contributed by atoms with van der Waals surface area (Å²) < 4.78 is 0.942. The minimum atomic E-state index is -0.995. The first kappa shape index (κ1) is 10.2. The Hall–Kier alpha value is -1.89. The first-order valence-corrected chi connectivity index (χ1v) is 3.86. The quantitative estimate of drug-likeness (QED) is 0.490. The Morgan fingerprint density at radius 3 is 2.71 bits per heavy atom. The second-order valence-electron chi connectivity index (χ2n) is 2.77. The Morgan fingerprint density at radius 2 is 2.14 bits per heavy atom. The second-order valence-corrected chi connectivity index (χ2v) is 2.77. The van der Waals surface area contributed by atoms with E-state index in [9.17, 15) is 14.4 Å². The minimum Gasteiger partial charge on any atom is -0.368 e. The van der Waals surface area contributed by atoms with Gasteiger partial charge in [-0.1, -0.05) is 0 Å². The fourth-order valence-corrected chi connectivity index (χ4v) is 0.885. The van der Waals surface area contributed by atoms with Crippen LogP contribution in [0.4, 0.5) is 0 Å². The van der Waals surface area contributed by atoms with Gasteiger partial charge in [-0.25, -0.2) is 4.68 Å². The van der Waals surface area contributed by atoms with Crippen molar-refractivity contribution in [2.45, 2.75) is 12.6 Å². The van der Waals surface area contributed by atoms with E-state index in [1.165, 1.54) is 0 Å². The number of carbonyl (C=O) groups excluding carboxylic acids is 1. The summed E-state index contributed by atoms with van der Waals surface area (Å²) in [5.74, 6) is -0.735. The SMILES string of the molecule is NC(=O)C(N)Cn1[nH]c(=O)ccc1=O. The number of hydrogen-bond donors (Lipinski definition) is 3. The molecule has 0 saturated heterocycles. The molecule has 0 aliphatic rings. The fraction of sp³-hybridized carbons (Fsp3) is 0.286. The van der Waals surface area contributed by atoms with Gasteiger partial charge in [-0.05, 0) is 0 Å². The van der Waals surface area contributed by atoms with Crippen LogP contribution in [0.3, 0.4) is 0 Å². The molecule has 0 radical (unpaired) electrons. The maximum atomic E-state index is 11.1. The molecule has 76 valence electrons. The summed E-state index contributed by atoms with van der Waals surface area (Å²) in [5.41, 5.74) is 9.33. The number of nitrogens with two attached hydrogens (primary N) is 2. The molecule has 0 saturated carbocycles. The summed E-state index contributed by atoms with van der Waals surface area (Å²) in [4.78, 5) is 32.5. The van der Waals surface area contributed by atoms with Gasteiger partial charge in [-0.2, -0.15) is 0 Å². The van der Waals surface area contributed by atoms with E-state index in [1.54, 1.807) is 0 Å². The van der Waals surface area contributed by atoms with Crippen LogP contribution in [0.15, 0.2) is 21.7 Å². The number of aromatic amines is 1. The predicted molar refractivity (Wildman–Crippen MR) is 48.5 cm³/mol. The predicted octanol–water partition coefficient (Wildman–Crippen LogP) is -2.65. The number of carbonyl (C=O) groups is 1. The lowest BCUT2D eigenvalue weighted by Gasteiger charge is -2.08. The molecule has 1 atom stereocenters. The normalized spacial score (nSPS) is 12.4. The first-order chi connectivity index (χ1) is 6.50. The zero-order valence-electron chi connectivity index (χ0n) is 7.27. The average Bonchev–Trinajstić information content (AvgIpc) is 2.11. The largest absolute Gasteiger partial charge is 0.368 e.